The number of hydrogen-bond acceptors (Lipinski definition) is 2. The van der Waals surface area contributed by atoms with Crippen LogP contribution in [0.25, 0.3) is 0 Å². The Kier molecular flexibility index (Phi) is 5.80. The summed E-state index contributed by atoms with van der Waals surface area (Å²) in [6.07, 6.45) is 4.26. The fourth-order valence-corrected chi connectivity index (χ4v) is 2.40. The maximum Gasteiger partial charge on any atom is 0.239 e. The van der Waals surface area contributed by atoms with E-state index >= 15 is 0 Å². The van der Waals surface area contributed by atoms with Gasteiger partial charge in [-0.2, -0.15) is 0 Å². The van der Waals surface area contributed by atoms with Crippen LogP contribution >= 0.6 is 0 Å². The van der Waals surface area contributed by atoms with Gasteiger partial charge in [-0.25, -0.2) is 0 Å². The highest BCUT2D eigenvalue weighted by molar-refractivity contribution is 5.84. The SMILES string of the molecule is CC(C)(C)c1ccc(CCCC(=O)NCC(=O)NC2CC2)cc1. The van der Waals surface area contributed by atoms with Gasteiger partial charge in [0, 0.05) is 12.5 Å². The predicted molar refractivity (Wildman–Crippen MR) is 92.3 cm³/mol. The Morgan fingerprint density at radius 3 is 2.30 bits per heavy atom. The number of carbonyl (C=O) groups is 2. The van der Waals surface area contributed by atoms with Gasteiger partial charge in [0.2, 0.25) is 11.8 Å². The van der Waals surface area contributed by atoms with Crippen molar-refractivity contribution < 1.29 is 9.59 Å². The van der Waals surface area contributed by atoms with Crippen molar-refractivity contribution in [2.75, 3.05) is 6.54 Å². The third-order valence-electron chi connectivity index (χ3n) is 4.08. The highest BCUT2D eigenvalue weighted by Gasteiger charge is 2.23. The summed E-state index contributed by atoms with van der Waals surface area (Å²) >= 11 is 0. The minimum atomic E-state index is -0.0846. The molecule has 0 bridgehead atoms. The second-order valence-electron chi connectivity index (χ2n) is 7.42. The van der Waals surface area contributed by atoms with Gasteiger partial charge in [-0.1, -0.05) is 45.0 Å². The molecule has 2 rings (SSSR count). The van der Waals surface area contributed by atoms with E-state index < -0.39 is 0 Å². The van der Waals surface area contributed by atoms with E-state index in [1.165, 1.54) is 11.1 Å². The predicted octanol–water partition coefficient (Wildman–Crippen LogP) is 2.70. The standard InChI is InChI=1S/C19H28N2O2/c1-19(2,3)15-9-7-14(8-10-15)5-4-6-17(22)20-13-18(23)21-16-11-12-16/h7-10,16H,4-6,11-13H2,1-3H3,(H,20,22)(H,21,23). The third-order valence-corrected chi connectivity index (χ3v) is 4.08. The number of benzene rings is 1. The van der Waals surface area contributed by atoms with Gasteiger partial charge >= 0.3 is 0 Å². The Labute approximate surface area is 139 Å². The Hall–Kier alpha value is -1.84. The van der Waals surface area contributed by atoms with Crippen LogP contribution in [0.1, 0.15) is 57.6 Å². The van der Waals surface area contributed by atoms with E-state index in [9.17, 15) is 9.59 Å². The van der Waals surface area contributed by atoms with Crippen LogP contribution in [0.5, 0.6) is 0 Å². The molecule has 1 aliphatic carbocycles. The van der Waals surface area contributed by atoms with E-state index in [4.69, 9.17) is 0 Å². The Balaban J connectivity index is 1.63. The molecule has 0 spiro atoms. The molecule has 2 N–H and O–H groups in total. The Bertz CT molecular complexity index is 539. The maximum absolute atomic E-state index is 11.7. The number of aryl methyl sites for hydroxylation is 1. The average Bonchev–Trinajstić information content (AvgIpc) is 3.29. The van der Waals surface area contributed by atoms with Crippen LogP contribution in [0.4, 0.5) is 0 Å². The Morgan fingerprint density at radius 1 is 1.09 bits per heavy atom. The van der Waals surface area contributed by atoms with Crippen molar-refractivity contribution in [3.63, 3.8) is 0 Å². The van der Waals surface area contributed by atoms with Crippen LogP contribution in [0.3, 0.4) is 0 Å². The number of rotatable bonds is 7. The second kappa shape index (κ2) is 7.62. The van der Waals surface area contributed by atoms with Crippen LogP contribution in [0.2, 0.25) is 0 Å². The van der Waals surface area contributed by atoms with Gasteiger partial charge in [0.1, 0.15) is 0 Å². The average molecular weight is 316 g/mol. The van der Waals surface area contributed by atoms with Crippen molar-refractivity contribution in [3.8, 4) is 0 Å². The molecule has 4 heteroatoms. The lowest BCUT2D eigenvalue weighted by Crippen LogP contribution is -2.37. The zero-order valence-electron chi connectivity index (χ0n) is 14.4. The molecule has 1 aromatic rings. The van der Waals surface area contributed by atoms with E-state index in [0.717, 1.165) is 25.7 Å². The molecule has 0 saturated heterocycles. The number of carbonyl (C=O) groups excluding carboxylic acids is 2. The molecule has 4 nitrogen and oxygen atoms in total. The first-order chi connectivity index (χ1) is 10.8. The van der Waals surface area contributed by atoms with Crippen LogP contribution < -0.4 is 10.6 Å². The summed E-state index contributed by atoms with van der Waals surface area (Å²) in [7, 11) is 0. The number of amides is 2. The summed E-state index contributed by atoms with van der Waals surface area (Å²) < 4.78 is 0. The zero-order valence-corrected chi connectivity index (χ0v) is 14.4. The van der Waals surface area contributed by atoms with E-state index in [-0.39, 0.29) is 23.8 Å². The van der Waals surface area contributed by atoms with Crippen LogP contribution in [-0.2, 0) is 21.4 Å². The smallest absolute Gasteiger partial charge is 0.239 e. The molecule has 0 unspecified atom stereocenters. The van der Waals surface area contributed by atoms with E-state index in [1.54, 1.807) is 0 Å². The van der Waals surface area contributed by atoms with E-state index in [0.29, 0.717) is 12.5 Å². The third kappa shape index (κ3) is 6.43. The van der Waals surface area contributed by atoms with Crippen molar-refractivity contribution in [2.24, 2.45) is 0 Å². The molecule has 2 amide bonds. The molecule has 0 aromatic heterocycles. The summed E-state index contributed by atoms with van der Waals surface area (Å²) in [5.41, 5.74) is 2.73. The molecule has 0 radical (unpaired) electrons. The van der Waals surface area contributed by atoms with Crippen molar-refractivity contribution in [3.05, 3.63) is 35.4 Å². The molecule has 126 valence electrons. The molecular formula is C19H28N2O2. The summed E-state index contributed by atoms with van der Waals surface area (Å²) in [5.74, 6) is -0.138. The summed E-state index contributed by atoms with van der Waals surface area (Å²) in [4.78, 5) is 23.2. The molecule has 1 aromatic carbocycles. The van der Waals surface area contributed by atoms with Gasteiger partial charge in [0.25, 0.3) is 0 Å². The molecule has 1 fully saturated rings. The molecule has 0 heterocycles. The lowest BCUT2D eigenvalue weighted by Gasteiger charge is -2.19. The molecule has 1 aliphatic rings. The minimum absolute atomic E-state index is 0.0535. The zero-order chi connectivity index (χ0) is 16.9. The lowest BCUT2D eigenvalue weighted by atomic mass is 9.86. The normalized spacial score (nSPS) is 14.4. The number of hydrogen-bond donors (Lipinski definition) is 2. The largest absolute Gasteiger partial charge is 0.352 e. The van der Waals surface area contributed by atoms with Gasteiger partial charge in [-0.3, -0.25) is 9.59 Å². The minimum Gasteiger partial charge on any atom is -0.352 e. The first-order valence-corrected chi connectivity index (χ1v) is 8.50. The van der Waals surface area contributed by atoms with Gasteiger partial charge in [-0.05, 0) is 42.2 Å². The van der Waals surface area contributed by atoms with Gasteiger partial charge in [-0.15, -0.1) is 0 Å². The fourth-order valence-electron chi connectivity index (χ4n) is 2.40. The topological polar surface area (TPSA) is 58.2 Å². The van der Waals surface area contributed by atoms with E-state index in [1.807, 2.05) is 0 Å². The van der Waals surface area contributed by atoms with Crippen LogP contribution in [0, 0.1) is 0 Å². The lowest BCUT2D eigenvalue weighted by molar-refractivity contribution is -0.126. The highest BCUT2D eigenvalue weighted by atomic mass is 16.2. The summed E-state index contributed by atoms with van der Waals surface area (Å²) in [6, 6.07) is 8.95. The van der Waals surface area contributed by atoms with Gasteiger partial charge in [0.05, 0.1) is 6.54 Å². The van der Waals surface area contributed by atoms with Crippen LogP contribution in [0.15, 0.2) is 24.3 Å². The first-order valence-electron chi connectivity index (χ1n) is 8.50. The van der Waals surface area contributed by atoms with Gasteiger partial charge < -0.3 is 10.6 Å². The fraction of sp³-hybridized carbons (Fsp3) is 0.579. The maximum atomic E-state index is 11.7. The molecule has 23 heavy (non-hydrogen) atoms. The first kappa shape index (κ1) is 17.5. The number of nitrogens with one attached hydrogen (secondary N) is 2. The van der Waals surface area contributed by atoms with Crippen molar-refractivity contribution in [1.29, 1.82) is 0 Å². The molecule has 1 saturated carbocycles. The summed E-state index contributed by atoms with van der Waals surface area (Å²) in [6.45, 7) is 6.69. The van der Waals surface area contributed by atoms with Crippen molar-refractivity contribution in [2.45, 2.75) is 64.3 Å². The van der Waals surface area contributed by atoms with Crippen molar-refractivity contribution in [1.82, 2.24) is 10.6 Å². The highest BCUT2D eigenvalue weighted by Crippen LogP contribution is 2.22. The monoisotopic (exact) mass is 316 g/mol. The molecule has 0 aliphatic heterocycles. The summed E-state index contributed by atoms with van der Waals surface area (Å²) in [5, 5.41) is 5.53. The molecular weight excluding hydrogens is 288 g/mol. The van der Waals surface area contributed by atoms with Crippen LogP contribution in [-0.4, -0.2) is 24.4 Å². The Morgan fingerprint density at radius 2 is 1.74 bits per heavy atom. The van der Waals surface area contributed by atoms with E-state index in [2.05, 4.69) is 55.7 Å². The molecule has 0 atom stereocenters. The van der Waals surface area contributed by atoms with Crippen molar-refractivity contribution >= 4 is 11.8 Å². The second-order valence-corrected chi connectivity index (χ2v) is 7.42. The quantitative estimate of drug-likeness (QED) is 0.812. The van der Waals surface area contributed by atoms with Gasteiger partial charge in [0.15, 0.2) is 0 Å².